The molecule has 34 heavy (non-hydrogen) atoms. The number of aliphatic hydroxyl groups is 1. The minimum Gasteiger partial charge on any atom is -0.464 e. The van der Waals surface area contributed by atoms with Gasteiger partial charge in [0.15, 0.2) is 22.1 Å². The van der Waals surface area contributed by atoms with Crippen LogP contribution in [-0.4, -0.2) is 54.6 Å². The number of benzene rings is 1. The lowest BCUT2D eigenvalue weighted by Gasteiger charge is -2.32. The molecule has 1 fully saturated rings. The van der Waals surface area contributed by atoms with E-state index in [1.165, 1.54) is 25.0 Å². The lowest BCUT2D eigenvalue weighted by Crippen LogP contribution is -2.43. The van der Waals surface area contributed by atoms with Gasteiger partial charge in [-0.05, 0) is 66.2 Å². The van der Waals surface area contributed by atoms with Crippen molar-refractivity contribution in [1.29, 1.82) is 0 Å². The van der Waals surface area contributed by atoms with Crippen molar-refractivity contribution in [3.63, 3.8) is 0 Å². The fourth-order valence-electron chi connectivity index (χ4n) is 4.37. The monoisotopic (exact) mass is 544 g/mol. The van der Waals surface area contributed by atoms with Crippen LogP contribution in [0.3, 0.4) is 0 Å². The Morgan fingerprint density at radius 2 is 2.15 bits per heavy atom. The fourth-order valence-corrected chi connectivity index (χ4v) is 5.92. The number of aryl methyl sites for hydroxylation is 1. The third kappa shape index (κ3) is 4.51. The number of nitrogen functional groups attached to an aromatic ring is 1. The van der Waals surface area contributed by atoms with Gasteiger partial charge in [-0.15, -0.1) is 0 Å². The molecular formula is C23H25BrN6O3S. The largest absolute Gasteiger partial charge is 0.464 e. The molecule has 5 rings (SSSR count). The number of nitrogens with zero attached hydrogens (tertiary/aromatic N) is 5. The average molecular weight is 545 g/mol. The molecule has 178 valence electrons. The number of halogens is 1. The van der Waals surface area contributed by atoms with Gasteiger partial charge in [0.25, 0.3) is 5.91 Å². The highest BCUT2D eigenvalue weighted by atomic mass is 79.9. The van der Waals surface area contributed by atoms with Crippen LogP contribution in [0.5, 0.6) is 0 Å². The van der Waals surface area contributed by atoms with Crippen molar-refractivity contribution in [2.45, 2.75) is 48.9 Å². The number of carbonyl (C=O) groups excluding carboxylic acids is 1. The summed E-state index contributed by atoms with van der Waals surface area (Å²) in [6, 6.07) is 5.96. The molecule has 0 spiro atoms. The number of nitrogens with two attached hydrogens (primary N) is 1. The standard InChI is InChI=1S/C23H25BrN6O3S/c1-13(31)22(32)29-6-2-14(3-7-29)4-8-30-21-19(20(25)26-12-27-21)28-23(30)34-18-11-17-15(5-9-33-17)10-16(18)24/h5,9-14,31H,2-4,6-8H2,1H3,(H2,25,26,27)/t13-/m1/s1. The van der Waals surface area contributed by atoms with Gasteiger partial charge in [0, 0.05) is 34.4 Å². The molecule has 0 radical (unpaired) electrons. The topological polar surface area (TPSA) is 123 Å². The van der Waals surface area contributed by atoms with E-state index in [0.717, 1.165) is 51.3 Å². The lowest BCUT2D eigenvalue weighted by atomic mass is 9.93. The Morgan fingerprint density at radius 3 is 2.91 bits per heavy atom. The van der Waals surface area contributed by atoms with E-state index in [4.69, 9.17) is 15.1 Å². The molecule has 0 saturated carbocycles. The first-order valence-corrected chi connectivity index (χ1v) is 12.8. The number of aliphatic hydroxyl groups excluding tert-OH is 1. The number of hydrogen-bond acceptors (Lipinski definition) is 8. The smallest absolute Gasteiger partial charge is 0.251 e. The van der Waals surface area contributed by atoms with Crippen LogP contribution in [0.4, 0.5) is 5.82 Å². The molecule has 0 aliphatic carbocycles. The highest BCUT2D eigenvalue weighted by Crippen LogP contribution is 2.38. The van der Waals surface area contributed by atoms with Crippen LogP contribution in [0.25, 0.3) is 22.1 Å². The quantitative estimate of drug-likeness (QED) is 0.372. The highest BCUT2D eigenvalue weighted by Gasteiger charge is 2.26. The summed E-state index contributed by atoms with van der Waals surface area (Å²) in [6.45, 7) is 3.59. The second-order valence-corrected chi connectivity index (χ2v) is 10.4. The van der Waals surface area contributed by atoms with E-state index >= 15 is 0 Å². The third-order valence-corrected chi connectivity index (χ3v) is 8.25. The Morgan fingerprint density at radius 1 is 1.35 bits per heavy atom. The van der Waals surface area contributed by atoms with Gasteiger partial charge >= 0.3 is 0 Å². The van der Waals surface area contributed by atoms with Gasteiger partial charge in [-0.2, -0.15) is 0 Å². The number of hydrogen-bond donors (Lipinski definition) is 2. The Bertz CT molecular complexity index is 1350. The van der Waals surface area contributed by atoms with Crippen LogP contribution in [0.2, 0.25) is 0 Å². The Labute approximate surface area is 208 Å². The van der Waals surface area contributed by atoms with Crippen LogP contribution >= 0.6 is 27.7 Å². The molecule has 1 aliphatic rings. The summed E-state index contributed by atoms with van der Waals surface area (Å²) in [5, 5.41) is 11.4. The predicted molar refractivity (Wildman–Crippen MR) is 133 cm³/mol. The van der Waals surface area contributed by atoms with Crippen LogP contribution in [0, 0.1) is 5.92 Å². The van der Waals surface area contributed by atoms with Gasteiger partial charge in [-0.25, -0.2) is 15.0 Å². The maximum atomic E-state index is 12.1. The summed E-state index contributed by atoms with van der Waals surface area (Å²) in [5.74, 6) is 0.638. The molecule has 3 N–H and O–H groups in total. The minimum atomic E-state index is -0.946. The average Bonchev–Trinajstić information content (AvgIpc) is 3.42. The van der Waals surface area contributed by atoms with Gasteiger partial charge in [0.05, 0.1) is 6.26 Å². The number of anilines is 1. The number of rotatable bonds is 6. The normalized spacial score (nSPS) is 15.9. The van der Waals surface area contributed by atoms with Crippen molar-refractivity contribution in [3.05, 3.63) is 35.3 Å². The number of aromatic nitrogens is 4. The van der Waals surface area contributed by atoms with Crippen molar-refractivity contribution in [2.24, 2.45) is 5.92 Å². The van der Waals surface area contributed by atoms with Crippen molar-refractivity contribution < 1.29 is 14.3 Å². The number of furan rings is 1. The molecule has 9 nitrogen and oxygen atoms in total. The SMILES string of the molecule is C[C@@H](O)C(=O)N1CCC(CCn2c(Sc3cc4occc4cc3Br)nc3c(N)ncnc32)CC1. The molecule has 4 heterocycles. The molecule has 3 aromatic heterocycles. The van der Waals surface area contributed by atoms with Crippen LogP contribution in [-0.2, 0) is 11.3 Å². The van der Waals surface area contributed by atoms with Crippen molar-refractivity contribution in [3.8, 4) is 0 Å². The number of likely N-dealkylation sites (tertiary alicyclic amines) is 1. The van der Waals surface area contributed by atoms with Gasteiger partial charge in [-0.1, -0.05) is 11.8 Å². The Balaban J connectivity index is 1.37. The van der Waals surface area contributed by atoms with E-state index in [1.807, 2.05) is 18.2 Å². The molecule has 1 aromatic carbocycles. The molecule has 1 atom stereocenters. The third-order valence-electron chi connectivity index (χ3n) is 6.28. The first-order chi connectivity index (χ1) is 16.4. The first kappa shape index (κ1) is 23.1. The van der Waals surface area contributed by atoms with E-state index in [0.29, 0.717) is 36.0 Å². The predicted octanol–water partition coefficient (Wildman–Crippen LogP) is 4.08. The molecule has 1 saturated heterocycles. The van der Waals surface area contributed by atoms with E-state index in [-0.39, 0.29) is 5.91 Å². The fraction of sp³-hybridized carbons (Fsp3) is 0.391. The lowest BCUT2D eigenvalue weighted by molar-refractivity contribution is -0.140. The second kappa shape index (κ2) is 9.55. The molecule has 1 aliphatic heterocycles. The number of fused-ring (bicyclic) bond motifs is 2. The van der Waals surface area contributed by atoms with Crippen LogP contribution in [0.15, 0.2) is 49.7 Å². The maximum Gasteiger partial charge on any atom is 0.251 e. The first-order valence-electron chi connectivity index (χ1n) is 11.2. The summed E-state index contributed by atoms with van der Waals surface area (Å²) >= 11 is 5.20. The minimum absolute atomic E-state index is 0.191. The van der Waals surface area contributed by atoms with Crippen molar-refractivity contribution in [1.82, 2.24) is 24.4 Å². The van der Waals surface area contributed by atoms with E-state index in [9.17, 15) is 9.90 Å². The number of amides is 1. The summed E-state index contributed by atoms with van der Waals surface area (Å²) < 4.78 is 8.64. The Hall–Kier alpha value is -2.63. The molecule has 0 bridgehead atoms. The zero-order valence-electron chi connectivity index (χ0n) is 18.6. The van der Waals surface area contributed by atoms with Crippen LogP contribution in [0.1, 0.15) is 26.2 Å². The summed E-state index contributed by atoms with van der Waals surface area (Å²) in [5.41, 5.74) is 8.23. The zero-order chi connectivity index (χ0) is 23.8. The van der Waals surface area contributed by atoms with E-state index in [1.54, 1.807) is 11.2 Å². The second-order valence-electron chi connectivity index (χ2n) is 8.55. The molecule has 0 unspecified atom stereocenters. The van der Waals surface area contributed by atoms with Gasteiger partial charge in [-0.3, -0.25) is 4.79 Å². The van der Waals surface area contributed by atoms with E-state index in [2.05, 4.69) is 30.5 Å². The molecule has 1 amide bonds. The van der Waals surface area contributed by atoms with Gasteiger partial charge in [0.2, 0.25) is 0 Å². The molecule has 11 heteroatoms. The highest BCUT2D eigenvalue weighted by molar-refractivity contribution is 9.10. The zero-order valence-corrected chi connectivity index (χ0v) is 21.0. The van der Waals surface area contributed by atoms with Gasteiger partial charge < -0.3 is 24.7 Å². The number of piperidine rings is 1. The van der Waals surface area contributed by atoms with E-state index < -0.39 is 6.10 Å². The molecule has 4 aromatic rings. The molecular weight excluding hydrogens is 520 g/mol. The Kier molecular flexibility index (Phi) is 6.50. The number of carbonyl (C=O) groups is 1. The van der Waals surface area contributed by atoms with Crippen LogP contribution < -0.4 is 5.73 Å². The summed E-state index contributed by atoms with van der Waals surface area (Å²) in [7, 11) is 0. The maximum absolute atomic E-state index is 12.1. The van der Waals surface area contributed by atoms with Gasteiger partial charge in [0.1, 0.15) is 18.0 Å². The number of imidazole rings is 1. The van der Waals surface area contributed by atoms with Crippen molar-refractivity contribution >= 4 is 61.5 Å². The summed E-state index contributed by atoms with van der Waals surface area (Å²) in [6.07, 6.45) is 4.94. The van der Waals surface area contributed by atoms with Crippen molar-refractivity contribution in [2.75, 3.05) is 18.8 Å². The summed E-state index contributed by atoms with van der Waals surface area (Å²) in [4.78, 5) is 28.2.